The maximum absolute atomic E-state index is 4.74. The quantitative estimate of drug-likeness (QED) is 0.608. The van der Waals surface area contributed by atoms with Crippen LogP contribution in [0.15, 0.2) is 41.7 Å². The Morgan fingerprint density at radius 3 is 2.74 bits per heavy atom. The molecule has 0 spiro atoms. The first-order valence-electron chi connectivity index (χ1n) is 9.99. The third-order valence-corrected chi connectivity index (χ3v) is 4.87. The van der Waals surface area contributed by atoms with E-state index >= 15 is 0 Å². The molecule has 0 radical (unpaired) electrons. The first-order chi connectivity index (χ1) is 13.1. The number of aliphatic imine (C=N–C) groups is 1. The molecule has 146 valence electrons. The summed E-state index contributed by atoms with van der Waals surface area (Å²) in [6, 6.07) is 9.24. The molecule has 1 unspecified atom stereocenters. The molecule has 0 aliphatic carbocycles. The second kappa shape index (κ2) is 9.44. The number of benzene rings is 1. The van der Waals surface area contributed by atoms with Gasteiger partial charge in [-0.2, -0.15) is 5.10 Å². The molecule has 1 atom stereocenters. The van der Waals surface area contributed by atoms with E-state index in [0.717, 1.165) is 32.1 Å². The van der Waals surface area contributed by atoms with Crippen molar-refractivity contribution in [3.05, 3.63) is 47.8 Å². The number of anilines is 1. The molecular formula is C21H32N6. The predicted octanol–water partition coefficient (Wildman–Crippen LogP) is 2.72. The Kier molecular flexibility index (Phi) is 6.74. The molecule has 27 heavy (non-hydrogen) atoms. The summed E-state index contributed by atoms with van der Waals surface area (Å²) in [4.78, 5) is 7.21. The molecule has 6 heteroatoms. The van der Waals surface area contributed by atoms with E-state index in [1.807, 2.05) is 10.9 Å². The minimum absolute atomic E-state index is 0.407. The van der Waals surface area contributed by atoms with E-state index in [9.17, 15) is 0 Å². The Balaban J connectivity index is 1.56. The second-order valence-corrected chi connectivity index (χ2v) is 7.31. The van der Waals surface area contributed by atoms with Crippen molar-refractivity contribution in [2.75, 3.05) is 31.1 Å². The number of rotatable bonds is 6. The highest BCUT2D eigenvalue weighted by atomic mass is 15.3. The van der Waals surface area contributed by atoms with Gasteiger partial charge in [0.15, 0.2) is 5.96 Å². The Bertz CT molecular complexity index is 733. The number of hydrogen-bond donors (Lipinski definition) is 2. The Morgan fingerprint density at radius 2 is 2.04 bits per heavy atom. The molecular weight excluding hydrogens is 336 g/mol. The van der Waals surface area contributed by atoms with Crippen LogP contribution in [0.5, 0.6) is 0 Å². The van der Waals surface area contributed by atoms with Gasteiger partial charge in [-0.25, -0.2) is 0 Å². The van der Waals surface area contributed by atoms with Gasteiger partial charge in [-0.05, 0) is 51.3 Å². The third kappa shape index (κ3) is 5.74. The highest BCUT2D eigenvalue weighted by Crippen LogP contribution is 2.20. The van der Waals surface area contributed by atoms with Crippen molar-refractivity contribution in [2.45, 2.75) is 46.2 Å². The zero-order chi connectivity index (χ0) is 19.1. The highest BCUT2D eigenvalue weighted by molar-refractivity contribution is 5.80. The second-order valence-electron chi connectivity index (χ2n) is 7.31. The lowest BCUT2D eigenvalue weighted by Crippen LogP contribution is -2.51. The fourth-order valence-electron chi connectivity index (χ4n) is 3.45. The molecule has 6 nitrogen and oxygen atoms in total. The Hall–Kier alpha value is -2.50. The van der Waals surface area contributed by atoms with Crippen LogP contribution in [0.1, 0.15) is 30.9 Å². The van der Waals surface area contributed by atoms with Crippen LogP contribution in [0, 0.1) is 13.8 Å². The molecule has 2 N–H and O–H groups in total. The zero-order valence-electron chi connectivity index (χ0n) is 16.8. The van der Waals surface area contributed by atoms with Crippen molar-refractivity contribution in [2.24, 2.45) is 4.99 Å². The van der Waals surface area contributed by atoms with Crippen LogP contribution in [0.4, 0.5) is 5.69 Å². The van der Waals surface area contributed by atoms with Crippen LogP contribution < -0.4 is 15.5 Å². The van der Waals surface area contributed by atoms with E-state index in [1.165, 1.54) is 29.7 Å². The van der Waals surface area contributed by atoms with Crippen LogP contribution in [0.3, 0.4) is 0 Å². The lowest BCUT2D eigenvalue weighted by atomic mass is 10.0. The molecule has 1 fully saturated rings. The summed E-state index contributed by atoms with van der Waals surface area (Å²) in [5.41, 5.74) is 3.80. The standard InChI is InChI=1S/C21H32N6/c1-4-22-21(23-11-13-27-15-18(3)14-24-27)25-19-6-5-12-26(16-19)20-9-7-17(2)8-10-20/h7-10,14-15,19H,4-6,11-13,16H2,1-3H3,(H2,22,23,25). The largest absolute Gasteiger partial charge is 0.369 e. The average molecular weight is 369 g/mol. The normalized spacial score (nSPS) is 17.8. The van der Waals surface area contributed by atoms with Gasteiger partial charge < -0.3 is 15.5 Å². The molecule has 2 aromatic rings. The fraction of sp³-hybridized carbons (Fsp3) is 0.524. The predicted molar refractivity (Wildman–Crippen MR) is 112 cm³/mol. The summed E-state index contributed by atoms with van der Waals surface area (Å²) in [5, 5.41) is 11.3. The number of nitrogens with zero attached hydrogens (tertiary/aromatic N) is 4. The van der Waals surface area contributed by atoms with E-state index in [0.29, 0.717) is 12.6 Å². The maximum Gasteiger partial charge on any atom is 0.191 e. The molecule has 0 saturated carbocycles. The van der Waals surface area contributed by atoms with Gasteiger partial charge in [-0.3, -0.25) is 9.67 Å². The lowest BCUT2D eigenvalue weighted by Gasteiger charge is -2.35. The summed E-state index contributed by atoms with van der Waals surface area (Å²) in [5.74, 6) is 0.900. The topological polar surface area (TPSA) is 57.5 Å². The number of aromatic nitrogens is 2. The summed E-state index contributed by atoms with van der Waals surface area (Å²) in [6.45, 7) is 10.8. The molecule has 0 bridgehead atoms. The lowest BCUT2D eigenvalue weighted by molar-refractivity contribution is 0.467. The van der Waals surface area contributed by atoms with E-state index in [2.05, 4.69) is 71.9 Å². The molecule has 1 saturated heterocycles. The molecule has 0 amide bonds. The van der Waals surface area contributed by atoms with Crippen molar-refractivity contribution in [3.63, 3.8) is 0 Å². The summed E-state index contributed by atoms with van der Waals surface area (Å²) in [6.07, 6.45) is 6.30. The fourth-order valence-corrected chi connectivity index (χ4v) is 3.45. The third-order valence-electron chi connectivity index (χ3n) is 4.87. The van der Waals surface area contributed by atoms with E-state index in [1.54, 1.807) is 0 Å². The van der Waals surface area contributed by atoms with Crippen LogP contribution in [0.25, 0.3) is 0 Å². The van der Waals surface area contributed by atoms with Gasteiger partial charge >= 0.3 is 0 Å². The van der Waals surface area contributed by atoms with E-state index < -0.39 is 0 Å². The Morgan fingerprint density at radius 1 is 1.22 bits per heavy atom. The minimum atomic E-state index is 0.407. The molecule has 1 aliphatic rings. The molecule has 1 aromatic carbocycles. The number of hydrogen-bond acceptors (Lipinski definition) is 3. The molecule has 1 aromatic heterocycles. The summed E-state index contributed by atoms with van der Waals surface area (Å²) < 4.78 is 1.95. The number of aryl methyl sites for hydroxylation is 2. The minimum Gasteiger partial charge on any atom is -0.369 e. The number of guanidine groups is 1. The van der Waals surface area contributed by atoms with Crippen LogP contribution >= 0.6 is 0 Å². The van der Waals surface area contributed by atoms with Crippen LogP contribution in [-0.4, -0.2) is 48.0 Å². The highest BCUT2D eigenvalue weighted by Gasteiger charge is 2.20. The van der Waals surface area contributed by atoms with Crippen molar-refractivity contribution >= 4 is 11.6 Å². The van der Waals surface area contributed by atoms with Gasteiger partial charge in [-0.15, -0.1) is 0 Å². The summed E-state index contributed by atoms with van der Waals surface area (Å²) >= 11 is 0. The van der Waals surface area contributed by atoms with Crippen molar-refractivity contribution in [3.8, 4) is 0 Å². The van der Waals surface area contributed by atoms with Gasteiger partial charge in [0, 0.05) is 37.6 Å². The number of piperidine rings is 1. The van der Waals surface area contributed by atoms with Crippen LogP contribution in [-0.2, 0) is 6.54 Å². The maximum atomic E-state index is 4.74. The number of nitrogens with one attached hydrogen (secondary N) is 2. The molecule has 1 aliphatic heterocycles. The van der Waals surface area contributed by atoms with E-state index in [4.69, 9.17) is 4.99 Å². The smallest absolute Gasteiger partial charge is 0.191 e. The van der Waals surface area contributed by atoms with Gasteiger partial charge in [0.25, 0.3) is 0 Å². The SMILES string of the molecule is CCNC(=NCCn1cc(C)cn1)NC1CCCN(c2ccc(C)cc2)C1. The van der Waals surface area contributed by atoms with Gasteiger partial charge in [0.05, 0.1) is 19.3 Å². The first-order valence-corrected chi connectivity index (χ1v) is 9.99. The van der Waals surface area contributed by atoms with Gasteiger partial charge in [0.2, 0.25) is 0 Å². The van der Waals surface area contributed by atoms with Crippen molar-refractivity contribution in [1.82, 2.24) is 20.4 Å². The van der Waals surface area contributed by atoms with Crippen molar-refractivity contribution < 1.29 is 0 Å². The Labute approximate surface area is 162 Å². The summed E-state index contributed by atoms with van der Waals surface area (Å²) in [7, 11) is 0. The van der Waals surface area contributed by atoms with Gasteiger partial charge in [0.1, 0.15) is 0 Å². The van der Waals surface area contributed by atoms with E-state index in [-0.39, 0.29) is 0 Å². The van der Waals surface area contributed by atoms with Crippen LogP contribution in [0.2, 0.25) is 0 Å². The zero-order valence-corrected chi connectivity index (χ0v) is 16.8. The van der Waals surface area contributed by atoms with Gasteiger partial charge in [-0.1, -0.05) is 17.7 Å². The first kappa shape index (κ1) is 19.3. The molecule has 3 rings (SSSR count). The van der Waals surface area contributed by atoms with Crippen molar-refractivity contribution in [1.29, 1.82) is 0 Å². The molecule has 2 heterocycles. The monoisotopic (exact) mass is 368 g/mol. The average Bonchev–Trinajstić information content (AvgIpc) is 3.08.